The Morgan fingerprint density at radius 2 is 1.69 bits per heavy atom. The average Bonchev–Trinajstić information content (AvgIpc) is 3.23. The van der Waals surface area contributed by atoms with Crippen LogP contribution in [0, 0.1) is 5.92 Å². The Bertz CT molecular complexity index is 897. The van der Waals surface area contributed by atoms with E-state index < -0.39 is 0 Å². The van der Waals surface area contributed by atoms with Crippen molar-refractivity contribution in [3.8, 4) is 11.4 Å². The van der Waals surface area contributed by atoms with Gasteiger partial charge in [-0.05, 0) is 48.9 Å². The third-order valence-corrected chi connectivity index (χ3v) is 5.88. The number of piperidine rings is 1. The van der Waals surface area contributed by atoms with Gasteiger partial charge >= 0.3 is 0 Å². The number of aliphatic hydroxyl groups excluding tert-OH is 1. The van der Waals surface area contributed by atoms with Gasteiger partial charge in [0, 0.05) is 5.56 Å². The Labute approximate surface area is 172 Å². The van der Waals surface area contributed by atoms with Crippen molar-refractivity contribution in [2.45, 2.75) is 45.3 Å². The van der Waals surface area contributed by atoms with Gasteiger partial charge in [0.25, 0.3) is 0 Å². The number of aliphatic hydroxyl groups is 1. The van der Waals surface area contributed by atoms with Crippen LogP contribution in [0.5, 0.6) is 0 Å². The highest BCUT2D eigenvalue weighted by molar-refractivity contribution is 5.54. The number of rotatable bonds is 6. The summed E-state index contributed by atoms with van der Waals surface area (Å²) in [7, 11) is 0. The van der Waals surface area contributed by atoms with Crippen LogP contribution in [0.3, 0.4) is 0 Å². The van der Waals surface area contributed by atoms with Crippen LogP contribution < -0.4 is 0 Å². The van der Waals surface area contributed by atoms with E-state index in [1.54, 1.807) is 0 Å². The predicted octanol–water partition coefficient (Wildman–Crippen LogP) is 4.81. The highest BCUT2D eigenvalue weighted by Gasteiger charge is 2.27. The van der Waals surface area contributed by atoms with Crippen LogP contribution in [0.1, 0.15) is 55.7 Å². The molecule has 0 spiro atoms. The largest absolute Gasteiger partial charge is 0.388 e. The zero-order chi connectivity index (χ0) is 20.2. The molecule has 0 radical (unpaired) electrons. The Morgan fingerprint density at radius 3 is 2.34 bits per heavy atom. The van der Waals surface area contributed by atoms with Gasteiger partial charge in [-0.3, -0.25) is 4.90 Å². The molecule has 3 aromatic rings. The molecule has 5 nitrogen and oxygen atoms in total. The van der Waals surface area contributed by atoms with Crippen molar-refractivity contribution in [3.05, 3.63) is 71.6 Å². The minimum absolute atomic E-state index is 0.298. The van der Waals surface area contributed by atoms with Gasteiger partial charge in [0.15, 0.2) is 0 Å². The van der Waals surface area contributed by atoms with Crippen molar-refractivity contribution in [3.63, 3.8) is 0 Å². The lowest BCUT2D eigenvalue weighted by molar-refractivity contribution is 0.0538. The van der Waals surface area contributed by atoms with Gasteiger partial charge in [-0.2, -0.15) is 4.98 Å². The first kappa shape index (κ1) is 19.8. The lowest BCUT2D eigenvalue weighted by Gasteiger charge is -2.33. The van der Waals surface area contributed by atoms with Gasteiger partial charge in [-0.15, -0.1) is 0 Å². The normalized spacial score (nSPS) is 17.0. The molecule has 5 heteroatoms. The monoisotopic (exact) mass is 391 g/mol. The summed E-state index contributed by atoms with van der Waals surface area (Å²) in [5, 5.41) is 14.8. The third-order valence-electron chi connectivity index (χ3n) is 5.88. The van der Waals surface area contributed by atoms with Crippen LogP contribution in [0.25, 0.3) is 11.4 Å². The van der Waals surface area contributed by atoms with Gasteiger partial charge in [-0.25, -0.2) is 0 Å². The molecule has 1 aliphatic rings. The molecule has 1 saturated heterocycles. The standard InChI is InChI=1S/C24H29N3O2/c1-17(2)18-8-10-21(11-9-18)24-25-22(29-26-24)16-27-14-12-20(13-15-27)23(28)19-6-4-3-5-7-19/h3-11,17,20,23,28H,12-16H2,1-2H3. The molecule has 4 rings (SSSR count). The van der Waals surface area contributed by atoms with Gasteiger partial charge in [0.1, 0.15) is 0 Å². The summed E-state index contributed by atoms with van der Waals surface area (Å²) < 4.78 is 5.49. The summed E-state index contributed by atoms with van der Waals surface area (Å²) in [5.74, 6) is 2.10. The molecule has 29 heavy (non-hydrogen) atoms. The van der Waals surface area contributed by atoms with E-state index in [1.807, 2.05) is 30.3 Å². The highest BCUT2D eigenvalue weighted by Crippen LogP contribution is 2.31. The van der Waals surface area contributed by atoms with Gasteiger partial charge < -0.3 is 9.63 Å². The number of aromatic nitrogens is 2. The van der Waals surface area contributed by atoms with Crippen molar-refractivity contribution >= 4 is 0 Å². The molecule has 1 N–H and O–H groups in total. The molecule has 0 amide bonds. The van der Waals surface area contributed by atoms with Crippen LogP contribution in [0.4, 0.5) is 0 Å². The number of benzene rings is 2. The maximum absolute atomic E-state index is 10.6. The molecule has 0 bridgehead atoms. The fourth-order valence-electron chi connectivity index (χ4n) is 3.99. The van der Waals surface area contributed by atoms with E-state index in [4.69, 9.17) is 4.52 Å². The highest BCUT2D eigenvalue weighted by atomic mass is 16.5. The van der Waals surface area contributed by atoms with Crippen molar-refractivity contribution in [1.29, 1.82) is 0 Å². The second kappa shape index (κ2) is 8.89. The fourth-order valence-corrected chi connectivity index (χ4v) is 3.99. The summed E-state index contributed by atoms with van der Waals surface area (Å²) in [5.41, 5.74) is 3.29. The maximum atomic E-state index is 10.6. The van der Waals surface area contributed by atoms with Crippen molar-refractivity contribution < 1.29 is 9.63 Å². The SMILES string of the molecule is CC(C)c1ccc(-c2noc(CN3CCC(C(O)c4ccccc4)CC3)n2)cc1. The van der Waals surface area contributed by atoms with Gasteiger partial charge in [0.05, 0.1) is 12.6 Å². The molecule has 2 aromatic carbocycles. The number of hydrogen-bond acceptors (Lipinski definition) is 5. The van der Waals surface area contributed by atoms with E-state index in [0.29, 0.717) is 30.1 Å². The Morgan fingerprint density at radius 1 is 1.00 bits per heavy atom. The van der Waals surface area contributed by atoms with Crippen LogP contribution in [0.15, 0.2) is 59.1 Å². The summed E-state index contributed by atoms with van der Waals surface area (Å²) >= 11 is 0. The van der Waals surface area contributed by atoms with Crippen molar-refractivity contribution in [2.24, 2.45) is 5.92 Å². The second-order valence-electron chi connectivity index (χ2n) is 8.26. The predicted molar refractivity (Wildman–Crippen MR) is 113 cm³/mol. The molecule has 0 aliphatic carbocycles. The van der Waals surface area contributed by atoms with Gasteiger partial charge in [0.2, 0.25) is 11.7 Å². The molecule has 1 aliphatic heterocycles. The van der Waals surface area contributed by atoms with E-state index >= 15 is 0 Å². The number of likely N-dealkylation sites (tertiary alicyclic amines) is 1. The van der Waals surface area contributed by atoms with E-state index in [9.17, 15) is 5.11 Å². The quantitative estimate of drug-likeness (QED) is 0.654. The van der Waals surface area contributed by atoms with Crippen LogP contribution in [-0.4, -0.2) is 33.2 Å². The van der Waals surface area contributed by atoms with E-state index in [2.05, 4.69) is 53.2 Å². The Hall–Kier alpha value is -2.50. The molecule has 152 valence electrons. The lowest BCUT2D eigenvalue weighted by Crippen LogP contribution is -2.35. The molecular weight excluding hydrogens is 362 g/mol. The summed E-state index contributed by atoms with van der Waals surface area (Å²) in [6.45, 7) is 6.88. The van der Waals surface area contributed by atoms with E-state index in [-0.39, 0.29) is 6.10 Å². The lowest BCUT2D eigenvalue weighted by atomic mass is 9.87. The third kappa shape index (κ3) is 4.74. The topological polar surface area (TPSA) is 62.4 Å². The zero-order valence-corrected chi connectivity index (χ0v) is 17.2. The average molecular weight is 392 g/mol. The summed E-state index contributed by atoms with van der Waals surface area (Å²) in [6, 6.07) is 18.3. The first-order valence-corrected chi connectivity index (χ1v) is 10.5. The number of nitrogens with zero attached hydrogens (tertiary/aromatic N) is 3. The second-order valence-corrected chi connectivity index (χ2v) is 8.26. The minimum Gasteiger partial charge on any atom is -0.388 e. The summed E-state index contributed by atoms with van der Waals surface area (Å²) in [4.78, 5) is 6.91. The van der Waals surface area contributed by atoms with Crippen LogP contribution in [0.2, 0.25) is 0 Å². The molecule has 1 unspecified atom stereocenters. The van der Waals surface area contributed by atoms with Crippen molar-refractivity contribution in [2.75, 3.05) is 13.1 Å². The maximum Gasteiger partial charge on any atom is 0.241 e. The Balaban J connectivity index is 1.32. The minimum atomic E-state index is -0.387. The first-order chi connectivity index (χ1) is 14.1. The molecular formula is C24H29N3O2. The summed E-state index contributed by atoms with van der Waals surface area (Å²) in [6.07, 6.45) is 1.55. The Kier molecular flexibility index (Phi) is 6.07. The smallest absolute Gasteiger partial charge is 0.241 e. The zero-order valence-electron chi connectivity index (χ0n) is 17.2. The van der Waals surface area contributed by atoms with Crippen LogP contribution in [-0.2, 0) is 6.54 Å². The molecule has 1 atom stereocenters. The van der Waals surface area contributed by atoms with E-state index in [0.717, 1.165) is 37.1 Å². The molecule has 2 heterocycles. The molecule has 1 fully saturated rings. The first-order valence-electron chi connectivity index (χ1n) is 10.5. The van der Waals surface area contributed by atoms with Gasteiger partial charge in [-0.1, -0.05) is 73.6 Å². The van der Waals surface area contributed by atoms with Crippen molar-refractivity contribution in [1.82, 2.24) is 15.0 Å². The van der Waals surface area contributed by atoms with E-state index in [1.165, 1.54) is 5.56 Å². The number of hydrogen-bond donors (Lipinski definition) is 1. The fraction of sp³-hybridized carbons (Fsp3) is 0.417. The van der Waals surface area contributed by atoms with Crippen LogP contribution >= 0.6 is 0 Å². The molecule has 0 saturated carbocycles. The molecule has 1 aromatic heterocycles.